The van der Waals surface area contributed by atoms with Gasteiger partial charge in [-0.2, -0.15) is 0 Å². The van der Waals surface area contributed by atoms with Crippen molar-refractivity contribution in [2.24, 2.45) is 0 Å². The van der Waals surface area contributed by atoms with Gasteiger partial charge in [0.25, 0.3) is 5.92 Å². The van der Waals surface area contributed by atoms with E-state index in [1.165, 1.54) is 6.07 Å². The molecule has 1 aromatic heterocycles. The first kappa shape index (κ1) is 19.9. The minimum Gasteiger partial charge on any atom is -0.342 e. The molecule has 3 aliphatic carbocycles. The quantitative estimate of drug-likeness (QED) is 0.507. The van der Waals surface area contributed by atoms with Crippen LogP contribution in [0.25, 0.3) is 11.0 Å². The van der Waals surface area contributed by atoms with Gasteiger partial charge in [-0.3, -0.25) is 0 Å². The summed E-state index contributed by atoms with van der Waals surface area (Å²) in [6.07, 6.45) is 4.36. The molecule has 3 fully saturated rings. The number of hydrogen-bond acceptors (Lipinski definition) is 2. The monoisotopic (exact) mass is 428 g/mol. The summed E-state index contributed by atoms with van der Waals surface area (Å²) in [6, 6.07) is 10.6. The lowest BCUT2D eigenvalue weighted by Crippen LogP contribution is -2.67. The molecule has 0 atom stereocenters. The molecule has 0 saturated heterocycles. The lowest BCUT2D eigenvalue weighted by Gasteiger charge is -2.59. The first-order chi connectivity index (χ1) is 14.7. The van der Waals surface area contributed by atoms with Gasteiger partial charge in [0.2, 0.25) is 0 Å². The highest BCUT2D eigenvalue weighted by Crippen LogP contribution is 2.58. The highest BCUT2D eigenvalue weighted by Gasteiger charge is 2.60. The highest BCUT2D eigenvalue weighted by molar-refractivity contribution is 5.90. The predicted molar refractivity (Wildman–Crippen MR) is 112 cm³/mol. The van der Waals surface area contributed by atoms with Crippen LogP contribution in [0, 0.1) is 5.82 Å². The molecule has 5 nitrogen and oxygen atoms in total. The molecular weight excluding hydrogens is 405 g/mol. The number of hydrogen-bond donors (Lipinski definition) is 3. The molecule has 6 rings (SSSR count). The number of aromatic nitrogens is 2. The van der Waals surface area contributed by atoms with E-state index in [0.717, 1.165) is 61.1 Å². The fraction of sp³-hybridized carbons (Fsp3) is 0.391. The van der Waals surface area contributed by atoms with Gasteiger partial charge in [-0.05, 0) is 56.0 Å². The van der Waals surface area contributed by atoms with Gasteiger partial charge in [-0.25, -0.2) is 22.9 Å². The molecule has 0 radical (unpaired) electrons. The Kier molecular flexibility index (Phi) is 4.32. The third kappa shape index (κ3) is 3.43. The minimum absolute atomic E-state index is 0.0855. The molecule has 162 valence electrons. The van der Waals surface area contributed by atoms with Crippen LogP contribution in [0.4, 0.5) is 23.7 Å². The average molecular weight is 428 g/mol. The molecule has 1 heterocycles. The Bertz CT molecular complexity index is 1130. The first-order valence-electron chi connectivity index (χ1n) is 10.4. The molecule has 31 heavy (non-hydrogen) atoms. The SMILES string of the molecule is CC(F)(F)c1cc(NC(=O)NC23CCCC(c4nc5ccccc5[nH]4)(C2)C3)ccc1F. The third-order valence-corrected chi connectivity index (χ3v) is 6.63. The maximum atomic E-state index is 13.7. The number of nitrogens with one attached hydrogen (secondary N) is 3. The summed E-state index contributed by atoms with van der Waals surface area (Å²) < 4.78 is 40.9. The molecule has 3 aromatic rings. The molecular formula is C23H23F3N4O. The van der Waals surface area contributed by atoms with Crippen LogP contribution in [0.2, 0.25) is 0 Å². The van der Waals surface area contributed by atoms with Crippen LogP contribution in [-0.4, -0.2) is 21.5 Å². The Morgan fingerprint density at radius 3 is 2.68 bits per heavy atom. The Labute approximate surface area is 177 Å². The molecule has 0 aliphatic heterocycles. The van der Waals surface area contributed by atoms with Gasteiger partial charge in [0.15, 0.2) is 0 Å². The predicted octanol–water partition coefficient (Wildman–Crippen LogP) is 5.59. The fourth-order valence-electron chi connectivity index (χ4n) is 5.35. The normalized spacial score (nSPS) is 25.2. The van der Waals surface area contributed by atoms with E-state index in [1.54, 1.807) is 0 Å². The van der Waals surface area contributed by atoms with Gasteiger partial charge in [-0.15, -0.1) is 0 Å². The summed E-state index contributed by atoms with van der Waals surface area (Å²) in [5, 5.41) is 5.62. The maximum Gasteiger partial charge on any atom is 0.319 e. The molecule has 3 saturated carbocycles. The molecule has 3 aliphatic rings. The Hall–Kier alpha value is -3.03. The van der Waals surface area contributed by atoms with Crippen molar-refractivity contribution in [1.29, 1.82) is 0 Å². The van der Waals surface area contributed by atoms with Gasteiger partial charge >= 0.3 is 6.03 Å². The zero-order valence-corrected chi connectivity index (χ0v) is 17.1. The number of carbonyl (C=O) groups is 1. The number of urea groups is 1. The molecule has 8 heteroatoms. The van der Waals surface area contributed by atoms with E-state index in [4.69, 9.17) is 4.98 Å². The number of benzene rings is 2. The molecule has 0 spiro atoms. The molecule has 2 aromatic carbocycles. The van der Waals surface area contributed by atoms with Crippen molar-refractivity contribution >= 4 is 22.8 Å². The Morgan fingerprint density at radius 2 is 1.94 bits per heavy atom. The van der Waals surface area contributed by atoms with Crippen molar-refractivity contribution in [2.75, 3.05) is 5.32 Å². The van der Waals surface area contributed by atoms with Crippen LogP contribution in [0.5, 0.6) is 0 Å². The summed E-state index contributed by atoms with van der Waals surface area (Å²) in [7, 11) is 0. The summed E-state index contributed by atoms with van der Waals surface area (Å²) in [5.74, 6) is -3.38. The van der Waals surface area contributed by atoms with E-state index in [1.807, 2.05) is 24.3 Å². The number of rotatable bonds is 4. The van der Waals surface area contributed by atoms with Gasteiger partial charge in [0, 0.05) is 23.6 Å². The van der Waals surface area contributed by atoms with Crippen LogP contribution in [0.3, 0.4) is 0 Å². The van der Waals surface area contributed by atoms with E-state index < -0.39 is 23.3 Å². The van der Waals surface area contributed by atoms with Gasteiger partial charge in [0.1, 0.15) is 11.6 Å². The number of halogens is 3. The second-order valence-electron chi connectivity index (χ2n) is 9.03. The van der Waals surface area contributed by atoms with Crippen LogP contribution < -0.4 is 10.6 Å². The molecule has 3 N–H and O–H groups in total. The van der Waals surface area contributed by atoms with Crippen molar-refractivity contribution in [3.63, 3.8) is 0 Å². The summed E-state index contributed by atoms with van der Waals surface area (Å²) in [5.41, 5.74) is 0.886. The van der Waals surface area contributed by atoms with Gasteiger partial charge in [0.05, 0.1) is 16.6 Å². The summed E-state index contributed by atoms with van der Waals surface area (Å²) >= 11 is 0. The standard InChI is InChI=1S/C23H23F3N4O/c1-21(25,26)15-11-14(7-8-16(15)24)27-20(31)30-23-10-4-9-22(12-23,13-23)19-28-17-5-2-3-6-18(17)29-19/h2-3,5-8,11H,4,9-10,12-13H2,1H3,(H,28,29)(H2,27,30,31). The van der Waals surface area contributed by atoms with E-state index >= 15 is 0 Å². The molecule has 2 amide bonds. The number of amides is 2. The summed E-state index contributed by atoms with van der Waals surface area (Å²) in [4.78, 5) is 20.8. The Balaban J connectivity index is 1.29. The van der Waals surface area contributed by atoms with Crippen molar-refractivity contribution < 1.29 is 18.0 Å². The van der Waals surface area contributed by atoms with Crippen LogP contribution >= 0.6 is 0 Å². The minimum atomic E-state index is -3.33. The van der Waals surface area contributed by atoms with E-state index in [9.17, 15) is 18.0 Å². The Morgan fingerprint density at radius 1 is 1.16 bits per heavy atom. The smallest absolute Gasteiger partial charge is 0.319 e. The molecule has 0 unspecified atom stereocenters. The number of carbonyl (C=O) groups excluding carboxylic acids is 1. The second kappa shape index (κ2) is 6.73. The number of H-pyrrole nitrogens is 1. The van der Waals surface area contributed by atoms with E-state index in [2.05, 4.69) is 15.6 Å². The van der Waals surface area contributed by atoms with Crippen molar-refractivity contribution in [2.45, 2.75) is 55.9 Å². The van der Waals surface area contributed by atoms with Gasteiger partial charge < -0.3 is 15.6 Å². The third-order valence-electron chi connectivity index (χ3n) is 6.63. The number of fused-ring (bicyclic) bond motifs is 3. The number of imidazole rings is 1. The first-order valence-corrected chi connectivity index (χ1v) is 10.4. The number of para-hydroxylation sites is 2. The second-order valence-corrected chi connectivity index (χ2v) is 9.03. The van der Waals surface area contributed by atoms with Crippen molar-refractivity contribution in [3.8, 4) is 0 Å². The average Bonchev–Trinajstić information content (AvgIpc) is 3.13. The largest absolute Gasteiger partial charge is 0.342 e. The van der Waals surface area contributed by atoms with Crippen LogP contribution in [0.1, 0.15) is 50.4 Å². The van der Waals surface area contributed by atoms with Gasteiger partial charge in [-0.1, -0.05) is 18.6 Å². The van der Waals surface area contributed by atoms with Crippen LogP contribution in [0.15, 0.2) is 42.5 Å². The number of alkyl halides is 2. The zero-order chi connectivity index (χ0) is 21.9. The highest BCUT2D eigenvalue weighted by atomic mass is 19.3. The zero-order valence-electron chi connectivity index (χ0n) is 17.1. The van der Waals surface area contributed by atoms with Crippen molar-refractivity contribution in [1.82, 2.24) is 15.3 Å². The number of anilines is 1. The lowest BCUT2D eigenvalue weighted by molar-refractivity contribution is 0.0127. The molecule has 2 bridgehead atoms. The van der Waals surface area contributed by atoms with Crippen molar-refractivity contribution in [3.05, 3.63) is 59.7 Å². The van der Waals surface area contributed by atoms with Crippen LogP contribution in [-0.2, 0) is 11.3 Å². The van der Waals surface area contributed by atoms with E-state index in [0.29, 0.717) is 6.92 Å². The number of aromatic amines is 1. The summed E-state index contributed by atoms with van der Waals surface area (Å²) in [6.45, 7) is 0.627. The number of nitrogens with zero attached hydrogens (tertiary/aromatic N) is 1. The fourth-order valence-corrected chi connectivity index (χ4v) is 5.35. The lowest BCUT2D eigenvalue weighted by atomic mass is 9.49. The topological polar surface area (TPSA) is 69.8 Å². The maximum absolute atomic E-state index is 13.7. The van der Waals surface area contributed by atoms with E-state index in [-0.39, 0.29) is 16.6 Å².